The minimum absolute atomic E-state index is 0.267. The highest BCUT2D eigenvalue weighted by molar-refractivity contribution is 5.95. The molecule has 1 aliphatic carbocycles. The molecule has 0 spiro atoms. The third kappa shape index (κ3) is 4.77. The van der Waals surface area contributed by atoms with Crippen LogP contribution in [-0.2, 0) is 14.4 Å². The van der Waals surface area contributed by atoms with Gasteiger partial charge in [0.2, 0.25) is 11.8 Å². The van der Waals surface area contributed by atoms with E-state index in [0.29, 0.717) is 18.9 Å². The highest BCUT2D eigenvalue weighted by Crippen LogP contribution is 2.39. The molecule has 0 atom stereocenters. The van der Waals surface area contributed by atoms with Crippen LogP contribution in [0, 0.1) is 17.0 Å². The molecule has 0 saturated heterocycles. The van der Waals surface area contributed by atoms with Crippen molar-refractivity contribution in [3.05, 3.63) is 23.8 Å². The second-order valence-corrected chi connectivity index (χ2v) is 6.72. The Labute approximate surface area is 150 Å². The lowest BCUT2D eigenvalue weighted by molar-refractivity contribution is -0.152. The number of carbonyl (C=O) groups is 3. The van der Waals surface area contributed by atoms with Gasteiger partial charge >= 0.3 is 5.97 Å². The number of hydrogen-bond donors (Lipinski definition) is 3. The Balaban J connectivity index is 2.18. The summed E-state index contributed by atoms with van der Waals surface area (Å²) in [5.41, 5.74) is -1.75. The first-order valence-corrected chi connectivity index (χ1v) is 8.53. The van der Waals surface area contributed by atoms with Crippen molar-refractivity contribution in [3.63, 3.8) is 0 Å². The molecule has 26 heavy (non-hydrogen) atoms. The predicted octanol–water partition coefficient (Wildman–Crippen LogP) is 3.68. The van der Waals surface area contributed by atoms with Crippen LogP contribution in [0.15, 0.2) is 12.1 Å². The molecule has 1 aromatic carbocycles. The van der Waals surface area contributed by atoms with Crippen LogP contribution < -0.4 is 10.6 Å². The van der Waals surface area contributed by atoms with Gasteiger partial charge in [-0.15, -0.1) is 0 Å². The molecule has 1 saturated carbocycles. The molecule has 0 aliphatic heterocycles. The maximum absolute atomic E-state index is 13.9. The van der Waals surface area contributed by atoms with Gasteiger partial charge in [0.15, 0.2) is 0 Å². The fourth-order valence-electron chi connectivity index (χ4n) is 3.30. The van der Waals surface area contributed by atoms with E-state index in [0.717, 1.165) is 31.7 Å². The van der Waals surface area contributed by atoms with Crippen molar-refractivity contribution in [2.24, 2.45) is 5.41 Å². The Morgan fingerprint density at radius 3 is 2.04 bits per heavy atom. The number of hydrogen-bond acceptors (Lipinski definition) is 3. The van der Waals surface area contributed by atoms with Crippen LogP contribution >= 0.6 is 0 Å². The Kier molecular flexibility index (Phi) is 6.28. The Morgan fingerprint density at radius 1 is 1.00 bits per heavy atom. The molecule has 0 radical (unpaired) electrons. The smallest absolute Gasteiger partial charge is 0.310 e. The molecular formula is C18H22F2N2O4. The molecule has 0 aromatic heterocycles. The second kappa shape index (κ2) is 8.25. The molecule has 142 valence electrons. The van der Waals surface area contributed by atoms with Gasteiger partial charge in [0, 0.05) is 19.4 Å². The molecule has 3 N–H and O–H groups in total. The number of anilines is 2. The fourth-order valence-corrected chi connectivity index (χ4v) is 3.30. The van der Waals surface area contributed by atoms with Crippen molar-refractivity contribution in [1.29, 1.82) is 0 Å². The first-order chi connectivity index (χ1) is 12.2. The lowest BCUT2D eigenvalue weighted by Gasteiger charge is -2.27. The summed E-state index contributed by atoms with van der Waals surface area (Å²) in [4.78, 5) is 35.2. The zero-order valence-corrected chi connectivity index (χ0v) is 14.5. The molecule has 1 aromatic rings. The molecule has 0 bridgehead atoms. The number of aliphatic carboxylic acids is 1. The van der Waals surface area contributed by atoms with Crippen molar-refractivity contribution < 1.29 is 28.3 Å². The van der Waals surface area contributed by atoms with Crippen LogP contribution in [0.4, 0.5) is 20.2 Å². The minimum atomic E-state index is -1.17. The van der Waals surface area contributed by atoms with Gasteiger partial charge in [-0.25, -0.2) is 8.78 Å². The summed E-state index contributed by atoms with van der Waals surface area (Å²) in [6.07, 6.45) is 3.77. The van der Waals surface area contributed by atoms with E-state index in [2.05, 4.69) is 10.6 Å². The summed E-state index contributed by atoms with van der Waals surface area (Å²) in [6, 6.07) is 1.53. The van der Waals surface area contributed by atoms with Crippen molar-refractivity contribution in [1.82, 2.24) is 0 Å². The van der Waals surface area contributed by atoms with Crippen molar-refractivity contribution in [2.45, 2.75) is 51.9 Å². The molecule has 6 nitrogen and oxygen atoms in total. The standard InChI is InChI=1S/C18H22F2N2O4/c1-11(23)21-14-9-15(13(20)8-12(14)19)22-16(24)10-18(17(25)26)6-4-2-3-5-7-18/h8-9H,2-7,10H2,1H3,(H,21,23)(H,22,24)(H,25,26). The van der Waals surface area contributed by atoms with E-state index < -0.39 is 34.8 Å². The zero-order chi connectivity index (χ0) is 19.3. The van der Waals surface area contributed by atoms with Gasteiger partial charge in [0.25, 0.3) is 0 Å². The van der Waals surface area contributed by atoms with Gasteiger partial charge in [0.1, 0.15) is 11.6 Å². The summed E-state index contributed by atoms with van der Waals surface area (Å²) in [5.74, 6) is -4.21. The quantitative estimate of drug-likeness (QED) is 0.691. The van der Waals surface area contributed by atoms with E-state index >= 15 is 0 Å². The van der Waals surface area contributed by atoms with Gasteiger partial charge in [-0.1, -0.05) is 25.7 Å². The largest absolute Gasteiger partial charge is 0.481 e. The van der Waals surface area contributed by atoms with Gasteiger partial charge in [-0.2, -0.15) is 0 Å². The zero-order valence-electron chi connectivity index (χ0n) is 14.5. The summed E-state index contributed by atoms with van der Waals surface area (Å²) >= 11 is 0. The molecule has 2 amide bonds. The van der Waals surface area contributed by atoms with Crippen LogP contribution in [0.3, 0.4) is 0 Å². The normalized spacial score (nSPS) is 16.4. The first-order valence-electron chi connectivity index (χ1n) is 8.53. The van der Waals surface area contributed by atoms with E-state index in [-0.39, 0.29) is 17.8 Å². The lowest BCUT2D eigenvalue weighted by Crippen LogP contribution is -2.35. The highest BCUT2D eigenvalue weighted by atomic mass is 19.1. The van der Waals surface area contributed by atoms with Crippen LogP contribution in [0.25, 0.3) is 0 Å². The predicted molar refractivity (Wildman–Crippen MR) is 91.7 cm³/mol. The molecular weight excluding hydrogens is 346 g/mol. The van der Waals surface area contributed by atoms with Crippen molar-refractivity contribution >= 4 is 29.2 Å². The SMILES string of the molecule is CC(=O)Nc1cc(NC(=O)CC2(C(=O)O)CCCCCC2)c(F)cc1F. The van der Waals surface area contributed by atoms with Crippen molar-refractivity contribution in [2.75, 3.05) is 10.6 Å². The minimum Gasteiger partial charge on any atom is -0.481 e. The number of halogens is 2. The number of carbonyl (C=O) groups excluding carboxylic acids is 2. The van der Waals surface area contributed by atoms with E-state index in [4.69, 9.17) is 0 Å². The van der Waals surface area contributed by atoms with E-state index in [1.165, 1.54) is 6.92 Å². The Hall–Kier alpha value is -2.51. The van der Waals surface area contributed by atoms with Gasteiger partial charge in [-0.3, -0.25) is 14.4 Å². The highest BCUT2D eigenvalue weighted by Gasteiger charge is 2.40. The number of amides is 2. The lowest BCUT2D eigenvalue weighted by atomic mass is 9.77. The summed E-state index contributed by atoms with van der Waals surface area (Å²) < 4.78 is 27.6. The fraction of sp³-hybridized carbons (Fsp3) is 0.500. The number of carboxylic acids is 1. The first kappa shape index (κ1) is 19.8. The summed E-state index contributed by atoms with van der Waals surface area (Å²) in [7, 11) is 0. The third-order valence-corrected chi connectivity index (χ3v) is 4.65. The Morgan fingerprint density at radius 2 is 1.54 bits per heavy atom. The second-order valence-electron chi connectivity index (χ2n) is 6.72. The molecule has 2 rings (SSSR count). The summed E-state index contributed by atoms with van der Waals surface area (Å²) in [5, 5.41) is 14.1. The topological polar surface area (TPSA) is 95.5 Å². The monoisotopic (exact) mass is 368 g/mol. The average molecular weight is 368 g/mol. The van der Waals surface area contributed by atoms with Crippen LogP contribution in [-0.4, -0.2) is 22.9 Å². The molecule has 1 fully saturated rings. The van der Waals surface area contributed by atoms with Gasteiger partial charge in [0.05, 0.1) is 16.8 Å². The van der Waals surface area contributed by atoms with E-state index in [1.807, 2.05) is 0 Å². The Bertz CT molecular complexity index is 713. The third-order valence-electron chi connectivity index (χ3n) is 4.65. The molecule has 8 heteroatoms. The average Bonchev–Trinajstić information content (AvgIpc) is 2.78. The number of rotatable bonds is 5. The van der Waals surface area contributed by atoms with Gasteiger partial charge < -0.3 is 15.7 Å². The number of carboxylic acid groups (broad SMARTS) is 1. The maximum atomic E-state index is 13.9. The molecule has 0 unspecified atom stereocenters. The maximum Gasteiger partial charge on any atom is 0.310 e. The van der Waals surface area contributed by atoms with Crippen LogP contribution in [0.5, 0.6) is 0 Å². The number of nitrogens with one attached hydrogen (secondary N) is 2. The number of benzene rings is 1. The van der Waals surface area contributed by atoms with E-state index in [1.54, 1.807) is 0 Å². The van der Waals surface area contributed by atoms with Gasteiger partial charge in [-0.05, 0) is 18.9 Å². The molecule has 0 heterocycles. The molecule has 1 aliphatic rings. The van der Waals surface area contributed by atoms with Crippen LogP contribution in [0.2, 0.25) is 0 Å². The summed E-state index contributed by atoms with van der Waals surface area (Å²) in [6.45, 7) is 1.17. The van der Waals surface area contributed by atoms with Crippen molar-refractivity contribution in [3.8, 4) is 0 Å². The van der Waals surface area contributed by atoms with Crippen LogP contribution in [0.1, 0.15) is 51.9 Å². The van der Waals surface area contributed by atoms with E-state index in [9.17, 15) is 28.3 Å².